The molecule has 0 bridgehead atoms. The number of H-pyrrole nitrogens is 1. The van der Waals surface area contributed by atoms with Gasteiger partial charge in [-0.1, -0.05) is 18.2 Å². The smallest absolute Gasteiger partial charge is 0.280 e. The van der Waals surface area contributed by atoms with Gasteiger partial charge in [0.1, 0.15) is 0 Å². The molecule has 2 N–H and O–H groups in total. The van der Waals surface area contributed by atoms with E-state index >= 15 is 0 Å². The molecule has 7 nitrogen and oxygen atoms in total. The van der Waals surface area contributed by atoms with Crippen LogP contribution in [0.1, 0.15) is 28.5 Å². The number of nitrogens with zero attached hydrogens (tertiary/aromatic N) is 3. The zero-order chi connectivity index (χ0) is 17.8. The summed E-state index contributed by atoms with van der Waals surface area (Å²) in [6.07, 6.45) is 3.06. The number of amides is 1. The van der Waals surface area contributed by atoms with Crippen molar-refractivity contribution in [2.45, 2.75) is 13.8 Å². The lowest BCUT2D eigenvalue weighted by atomic mass is 10.2. The van der Waals surface area contributed by atoms with Crippen molar-refractivity contribution in [3.05, 3.63) is 82.0 Å². The molecule has 3 rings (SSSR count). The van der Waals surface area contributed by atoms with E-state index in [4.69, 9.17) is 0 Å². The van der Waals surface area contributed by atoms with Crippen LogP contribution >= 0.6 is 0 Å². The van der Waals surface area contributed by atoms with Crippen LogP contribution in [0, 0.1) is 6.92 Å². The zero-order valence-corrected chi connectivity index (χ0v) is 13.9. The minimum atomic E-state index is -0.363. The molecule has 1 aromatic carbocycles. The molecule has 0 spiro atoms. The molecular formula is C18H17N5O2. The summed E-state index contributed by atoms with van der Waals surface area (Å²) in [4.78, 5) is 28.6. The summed E-state index contributed by atoms with van der Waals surface area (Å²) < 4.78 is 1.45. The van der Waals surface area contributed by atoms with Gasteiger partial charge >= 0.3 is 0 Å². The van der Waals surface area contributed by atoms with Gasteiger partial charge < -0.3 is 0 Å². The van der Waals surface area contributed by atoms with Crippen molar-refractivity contribution >= 4 is 11.6 Å². The first-order chi connectivity index (χ1) is 12.1. The van der Waals surface area contributed by atoms with Crippen molar-refractivity contribution in [3.8, 4) is 5.69 Å². The number of rotatable bonds is 4. The Morgan fingerprint density at radius 2 is 1.84 bits per heavy atom. The zero-order valence-electron chi connectivity index (χ0n) is 13.9. The number of nitrogens with one attached hydrogen (secondary N) is 2. The summed E-state index contributed by atoms with van der Waals surface area (Å²) in [6.45, 7) is 3.47. The fourth-order valence-electron chi connectivity index (χ4n) is 2.49. The molecule has 7 heteroatoms. The van der Waals surface area contributed by atoms with E-state index in [1.807, 2.05) is 30.3 Å². The molecule has 0 saturated carbocycles. The molecule has 0 unspecified atom stereocenters. The highest BCUT2D eigenvalue weighted by Crippen LogP contribution is 2.07. The minimum Gasteiger partial charge on any atom is -0.295 e. The van der Waals surface area contributed by atoms with Gasteiger partial charge in [0, 0.05) is 23.7 Å². The summed E-state index contributed by atoms with van der Waals surface area (Å²) in [5.41, 5.74) is 4.95. The number of aromatic amines is 1. The average molecular weight is 335 g/mol. The van der Waals surface area contributed by atoms with E-state index in [1.165, 1.54) is 17.1 Å². The van der Waals surface area contributed by atoms with Gasteiger partial charge in [-0.25, -0.2) is 10.1 Å². The van der Waals surface area contributed by atoms with Crippen LogP contribution in [0.4, 0.5) is 0 Å². The van der Waals surface area contributed by atoms with Crippen molar-refractivity contribution in [3.63, 3.8) is 0 Å². The van der Waals surface area contributed by atoms with Crippen LogP contribution in [0.2, 0.25) is 0 Å². The van der Waals surface area contributed by atoms with Crippen molar-refractivity contribution < 1.29 is 4.79 Å². The lowest BCUT2D eigenvalue weighted by Crippen LogP contribution is -2.23. The number of aryl methyl sites for hydroxylation is 1. The molecule has 0 aliphatic heterocycles. The standard InChI is InChI=1S/C18H17N5O2/c1-12(20-21-17(24)14-8-10-19-11-9-14)16-13(2)22-23(18(16)25)15-6-4-3-5-7-15/h3-11,22H,1-2H3,(H,21,24). The van der Waals surface area contributed by atoms with E-state index < -0.39 is 0 Å². The van der Waals surface area contributed by atoms with E-state index in [0.717, 1.165) is 5.69 Å². The second-order valence-corrected chi connectivity index (χ2v) is 5.46. The van der Waals surface area contributed by atoms with E-state index in [9.17, 15) is 9.59 Å². The largest absolute Gasteiger partial charge is 0.295 e. The first kappa shape index (κ1) is 16.4. The topological polar surface area (TPSA) is 92.1 Å². The van der Waals surface area contributed by atoms with Gasteiger partial charge in [0.2, 0.25) is 0 Å². The Morgan fingerprint density at radius 3 is 2.52 bits per heavy atom. The summed E-state index contributed by atoms with van der Waals surface area (Å²) in [6, 6.07) is 12.4. The fraction of sp³-hybridized carbons (Fsp3) is 0.111. The Balaban J connectivity index is 1.88. The highest BCUT2D eigenvalue weighted by Gasteiger charge is 2.15. The monoisotopic (exact) mass is 335 g/mol. The number of benzene rings is 1. The molecule has 126 valence electrons. The Morgan fingerprint density at radius 1 is 1.16 bits per heavy atom. The lowest BCUT2D eigenvalue weighted by Gasteiger charge is -2.01. The Kier molecular flexibility index (Phi) is 4.56. The molecule has 0 atom stereocenters. The molecule has 3 aromatic rings. The molecule has 1 amide bonds. The average Bonchev–Trinajstić information content (AvgIpc) is 2.95. The number of hydrogen-bond donors (Lipinski definition) is 2. The second kappa shape index (κ2) is 6.96. The van der Waals surface area contributed by atoms with E-state index in [-0.39, 0.29) is 11.5 Å². The molecule has 0 aliphatic rings. The molecule has 25 heavy (non-hydrogen) atoms. The third-order valence-electron chi connectivity index (χ3n) is 3.72. The van der Waals surface area contributed by atoms with Gasteiger partial charge in [-0.15, -0.1) is 0 Å². The summed E-state index contributed by atoms with van der Waals surface area (Å²) in [7, 11) is 0. The van der Waals surface area contributed by atoms with Gasteiger partial charge in [-0.2, -0.15) is 5.10 Å². The third-order valence-corrected chi connectivity index (χ3v) is 3.72. The summed E-state index contributed by atoms with van der Waals surface area (Å²) in [5.74, 6) is -0.363. The molecule has 0 saturated heterocycles. The van der Waals surface area contributed by atoms with Crippen molar-refractivity contribution in [2.75, 3.05) is 0 Å². The number of carbonyl (C=O) groups excluding carboxylic acids is 1. The number of hydrazone groups is 1. The molecule has 0 fully saturated rings. The van der Waals surface area contributed by atoms with E-state index in [0.29, 0.717) is 22.5 Å². The normalized spacial score (nSPS) is 11.4. The first-order valence-electron chi connectivity index (χ1n) is 7.70. The number of pyridine rings is 1. The Bertz CT molecular complexity index is 972. The fourth-order valence-corrected chi connectivity index (χ4v) is 2.49. The number of para-hydroxylation sites is 1. The van der Waals surface area contributed by atoms with Gasteiger partial charge in [-0.3, -0.25) is 19.7 Å². The van der Waals surface area contributed by atoms with Gasteiger partial charge in [-0.05, 0) is 38.1 Å². The predicted molar refractivity (Wildman–Crippen MR) is 95.0 cm³/mol. The maximum absolute atomic E-state index is 12.7. The van der Waals surface area contributed by atoms with Crippen LogP contribution in [0.3, 0.4) is 0 Å². The highest BCUT2D eigenvalue weighted by atomic mass is 16.2. The molecule has 2 heterocycles. The third kappa shape index (κ3) is 3.40. The van der Waals surface area contributed by atoms with Crippen molar-refractivity contribution in [2.24, 2.45) is 5.10 Å². The van der Waals surface area contributed by atoms with Crippen LogP contribution < -0.4 is 11.0 Å². The Hall–Kier alpha value is -3.48. The molecule has 0 radical (unpaired) electrons. The van der Waals surface area contributed by atoms with Crippen molar-refractivity contribution in [1.29, 1.82) is 0 Å². The van der Waals surface area contributed by atoms with Crippen LogP contribution in [-0.2, 0) is 0 Å². The highest BCUT2D eigenvalue weighted by molar-refractivity contribution is 6.01. The van der Waals surface area contributed by atoms with E-state index in [1.54, 1.807) is 26.0 Å². The first-order valence-corrected chi connectivity index (χ1v) is 7.70. The SMILES string of the molecule is CC(=NNC(=O)c1ccncc1)c1c(C)[nH]n(-c2ccccc2)c1=O. The second-order valence-electron chi connectivity index (χ2n) is 5.46. The predicted octanol–water partition coefficient (Wildman–Crippen LogP) is 2.02. The van der Waals surface area contributed by atoms with Gasteiger partial charge in [0.25, 0.3) is 11.5 Å². The molecule has 2 aromatic heterocycles. The maximum atomic E-state index is 12.7. The van der Waals surface area contributed by atoms with Crippen LogP contribution in [-0.4, -0.2) is 26.4 Å². The van der Waals surface area contributed by atoms with Crippen LogP contribution in [0.5, 0.6) is 0 Å². The lowest BCUT2D eigenvalue weighted by molar-refractivity contribution is 0.0954. The van der Waals surface area contributed by atoms with Crippen LogP contribution in [0.25, 0.3) is 5.69 Å². The van der Waals surface area contributed by atoms with Gasteiger partial charge in [0.15, 0.2) is 0 Å². The summed E-state index contributed by atoms with van der Waals surface area (Å²) >= 11 is 0. The number of carbonyl (C=O) groups is 1. The van der Waals surface area contributed by atoms with Gasteiger partial charge in [0.05, 0.1) is 17.0 Å². The number of aromatic nitrogens is 3. The molecular weight excluding hydrogens is 318 g/mol. The summed E-state index contributed by atoms with van der Waals surface area (Å²) in [5, 5.41) is 7.09. The minimum absolute atomic E-state index is 0.219. The number of hydrogen-bond acceptors (Lipinski definition) is 4. The Labute approximate surface area is 144 Å². The van der Waals surface area contributed by atoms with E-state index in [2.05, 4.69) is 20.6 Å². The van der Waals surface area contributed by atoms with Crippen molar-refractivity contribution in [1.82, 2.24) is 20.2 Å². The maximum Gasteiger partial charge on any atom is 0.280 e. The quantitative estimate of drug-likeness (QED) is 0.564. The molecule has 0 aliphatic carbocycles. The van der Waals surface area contributed by atoms with Crippen LogP contribution in [0.15, 0.2) is 64.8 Å².